The van der Waals surface area contributed by atoms with Gasteiger partial charge in [0.1, 0.15) is 0 Å². The van der Waals surface area contributed by atoms with E-state index in [9.17, 15) is 14.7 Å². The minimum atomic E-state index is -0.701. The molecule has 2 aliphatic rings. The number of benzene rings is 2. The second kappa shape index (κ2) is 8.16. The normalized spacial score (nSPS) is 19.0. The van der Waals surface area contributed by atoms with E-state index in [0.29, 0.717) is 25.2 Å². The summed E-state index contributed by atoms with van der Waals surface area (Å²) in [5.41, 5.74) is 4.24. The van der Waals surface area contributed by atoms with Crippen molar-refractivity contribution in [3.63, 3.8) is 0 Å². The molecule has 2 aromatic carbocycles. The Hall–Kier alpha value is -2.78. The van der Waals surface area contributed by atoms with E-state index in [0.717, 1.165) is 29.5 Å². The summed E-state index contributed by atoms with van der Waals surface area (Å²) in [5.74, 6) is -0.566. The van der Waals surface area contributed by atoms with Crippen LogP contribution in [0.4, 0.5) is 0 Å². The van der Waals surface area contributed by atoms with Crippen molar-refractivity contribution in [2.75, 3.05) is 20.1 Å². The maximum absolute atomic E-state index is 13.3. The van der Waals surface area contributed by atoms with E-state index in [4.69, 9.17) is 5.21 Å². The average Bonchev–Trinajstić information content (AvgIpc) is 3.02. The number of nitrogens with one attached hydrogen (secondary N) is 2. The summed E-state index contributed by atoms with van der Waals surface area (Å²) >= 11 is 0. The minimum Gasteiger partial charge on any atom is -0.365 e. The number of piperidine rings is 1. The minimum absolute atomic E-state index is 0.00499. The second-order valence-corrected chi connectivity index (χ2v) is 7.80. The fourth-order valence-corrected chi connectivity index (χ4v) is 4.65. The van der Waals surface area contributed by atoms with E-state index in [1.807, 2.05) is 34.1 Å². The fraction of sp³-hybridized carbons (Fsp3) is 0.364. The quantitative estimate of drug-likeness (QED) is 0.336. The number of rotatable bonds is 5. The van der Waals surface area contributed by atoms with Gasteiger partial charge < -0.3 is 10.0 Å². The molecular weight excluding hydrogens is 384 g/mol. The Morgan fingerprint density at radius 3 is 2.43 bits per heavy atom. The van der Waals surface area contributed by atoms with E-state index >= 15 is 0 Å². The van der Waals surface area contributed by atoms with Crippen LogP contribution in [0.5, 0.6) is 0 Å². The smallest absolute Gasteiger partial charge is 0.274 e. The third-order valence-electron chi connectivity index (χ3n) is 6.31. The lowest BCUT2D eigenvalue weighted by Crippen LogP contribution is -2.55. The number of hydroxylamine groups is 1. The first-order valence-corrected chi connectivity index (χ1v) is 10.0. The monoisotopic (exact) mass is 410 g/mol. The van der Waals surface area contributed by atoms with Gasteiger partial charge in [-0.25, -0.2) is 5.48 Å². The van der Waals surface area contributed by atoms with Crippen LogP contribution >= 0.6 is 0 Å². The molecule has 158 valence electrons. The number of aliphatic hydroxyl groups is 1. The number of carbonyl (C=O) groups is 2. The standard InChI is InChI=1S/C22H26N4O4/c1-23-21(29)25-12-10-22(11-13-25)18-5-3-2-4-17(18)20(28)26(22)14-15-6-8-16(9-7-15)19(27)24-30/h2-9,21,23,29-30H,10-14H2,1H3,(H,24,27). The molecular formula is C22H26N4O4. The first-order chi connectivity index (χ1) is 14.5. The Labute approximate surface area is 175 Å². The number of likely N-dealkylation sites (tertiary alicyclic amines) is 1. The number of nitrogens with zero attached hydrogens (tertiary/aromatic N) is 2. The molecule has 1 spiro atoms. The largest absolute Gasteiger partial charge is 0.365 e. The van der Waals surface area contributed by atoms with Crippen molar-refractivity contribution >= 4 is 11.8 Å². The summed E-state index contributed by atoms with van der Waals surface area (Å²) in [4.78, 5) is 28.8. The predicted molar refractivity (Wildman–Crippen MR) is 110 cm³/mol. The van der Waals surface area contributed by atoms with Gasteiger partial charge in [-0.15, -0.1) is 0 Å². The second-order valence-electron chi connectivity index (χ2n) is 7.80. The van der Waals surface area contributed by atoms with Crippen molar-refractivity contribution in [1.82, 2.24) is 20.6 Å². The van der Waals surface area contributed by atoms with Crippen LogP contribution in [0.15, 0.2) is 48.5 Å². The highest BCUT2D eigenvalue weighted by atomic mass is 16.5. The van der Waals surface area contributed by atoms with E-state index in [-0.39, 0.29) is 5.91 Å². The first-order valence-electron chi connectivity index (χ1n) is 10.0. The highest BCUT2D eigenvalue weighted by molar-refractivity contribution is 6.00. The van der Waals surface area contributed by atoms with Gasteiger partial charge in [-0.3, -0.25) is 25.0 Å². The molecule has 0 aliphatic carbocycles. The molecule has 4 N–H and O–H groups in total. The van der Waals surface area contributed by atoms with Gasteiger partial charge in [0.25, 0.3) is 11.8 Å². The van der Waals surface area contributed by atoms with Gasteiger partial charge in [0, 0.05) is 30.8 Å². The van der Waals surface area contributed by atoms with Crippen molar-refractivity contribution in [2.24, 2.45) is 0 Å². The molecule has 0 radical (unpaired) electrons. The van der Waals surface area contributed by atoms with E-state index in [2.05, 4.69) is 5.32 Å². The van der Waals surface area contributed by atoms with E-state index in [1.165, 1.54) is 0 Å². The van der Waals surface area contributed by atoms with E-state index < -0.39 is 17.8 Å². The Morgan fingerprint density at radius 1 is 1.13 bits per heavy atom. The summed E-state index contributed by atoms with van der Waals surface area (Å²) in [6.07, 6.45) is 0.743. The maximum Gasteiger partial charge on any atom is 0.274 e. The lowest BCUT2D eigenvalue weighted by Gasteiger charge is -2.46. The summed E-state index contributed by atoms with van der Waals surface area (Å²) in [6, 6.07) is 14.6. The van der Waals surface area contributed by atoms with Gasteiger partial charge in [0.05, 0.1) is 5.54 Å². The average molecular weight is 410 g/mol. The van der Waals surface area contributed by atoms with Crippen LogP contribution in [-0.2, 0) is 12.1 Å². The van der Waals surface area contributed by atoms with Gasteiger partial charge in [0.2, 0.25) is 0 Å². The molecule has 1 unspecified atom stereocenters. The highest BCUT2D eigenvalue weighted by Gasteiger charge is 2.50. The SMILES string of the molecule is CNC(O)N1CCC2(CC1)c1ccccc1C(=O)N2Cc1ccc(C(=O)NO)cc1. The molecule has 30 heavy (non-hydrogen) atoms. The molecule has 0 bridgehead atoms. The maximum atomic E-state index is 13.3. The topological polar surface area (TPSA) is 105 Å². The van der Waals surface area contributed by atoms with Gasteiger partial charge in [0.15, 0.2) is 6.35 Å². The summed E-state index contributed by atoms with van der Waals surface area (Å²) in [6.45, 7) is 1.74. The van der Waals surface area contributed by atoms with E-state index in [1.54, 1.807) is 36.8 Å². The fourth-order valence-electron chi connectivity index (χ4n) is 4.65. The summed E-state index contributed by atoms with van der Waals surface area (Å²) in [5, 5.41) is 21.8. The zero-order chi connectivity index (χ0) is 21.3. The molecule has 2 aliphatic heterocycles. The van der Waals surface area contributed by atoms with Gasteiger partial charge in [-0.2, -0.15) is 0 Å². The zero-order valence-electron chi connectivity index (χ0n) is 16.8. The Bertz CT molecular complexity index is 938. The predicted octanol–water partition coefficient (Wildman–Crippen LogP) is 1.25. The molecule has 2 aromatic rings. The van der Waals surface area contributed by atoms with Crippen molar-refractivity contribution in [3.8, 4) is 0 Å². The molecule has 2 heterocycles. The molecule has 2 amide bonds. The third-order valence-corrected chi connectivity index (χ3v) is 6.31. The molecule has 1 fully saturated rings. The molecule has 0 saturated carbocycles. The van der Waals surface area contributed by atoms with Crippen LogP contribution in [0, 0.1) is 0 Å². The van der Waals surface area contributed by atoms with Gasteiger partial charge in [-0.05, 0) is 49.2 Å². The molecule has 1 saturated heterocycles. The number of amides is 2. The molecule has 8 nitrogen and oxygen atoms in total. The lowest BCUT2D eigenvalue weighted by molar-refractivity contribution is -0.0584. The Balaban J connectivity index is 1.63. The van der Waals surface area contributed by atoms with Crippen molar-refractivity contribution in [3.05, 3.63) is 70.8 Å². The number of hydrogen-bond acceptors (Lipinski definition) is 6. The summed E-state index contributed by atoms with van der Waals surface area (Å²) < 4.78 is 0. The molecule has 4 rings (SSSR count). The third kappa shape index (κ3) is 3.37. The van der Waals surface area contributed by atoms with Crippen LogP contribution in [0.1, 0.15) is 44.7 Å². The van der Waals surface area contributed by atoms with Gasteiger partial charge in [-0.1, -0.05) is 30.3 Å². The Morgan fingerprint density at radius 2 is 1.80 bits per heavy atom. The summed E-state index contributed by atoms with van der Waals surface area (Å²) in [7, 11) is 1.72. The van der Waals surface area contributed by atoms with Crippen LogP contribution in [-0.4, -0.2) is 58.4 Å². The van der Waals surface area contributed by atoms with Crippen molar-refractivity contribution < 1.29 is 19.9 Å². The molecule has 1 atom stereocenters. The first kappa shape index (κ1) is 20.5. The number of aliphatic hydroxyl groups excluding tert-OH is 1. The number of fused-ring (bicyclic) bond motifs is 2. The lowest BCUT2D eigenvalue weighted by atomic mass is 9.80. The zero-order valence-corrected chi connectivity index (χ0v) is 16.8. The van der Waals surface area contributed by atoms with Crippen LogP contribution < -0.4 is 10.8 Å². The van der Waals surface area contributed by atoms with Crippen LogP contribution in [0.25, 0.3) is 0 Å². The Kier molecular flexibility index (Phi) is 5.57. The van der Waals surface area contributed by atoms with Gasteiger partial charge >= 0.3 is 0 Å². The van der Waals surface area contributed by atoms with Crippen molar-refractivity contribution in [2.45, 2.75) is 31.3 Å². The van der Waals surface area contributed by atoms with Crippen molar-refractivity contribution in [1.29, 1.82) is 0 Å². The molecule has 0 aromatic heterocycles. The van der Waals surface area contributed by atoms with Crippen LogP contribution in [0.3, 0.4) is 0 Å². The number of carbonyl (C=O) groups excluding carboxylic acids is 2. The van der Waals surface area contributed by atoms with Crippen LogP contribution in [0.2, 0.25) is 0 Å². The molecule has 8 heteroatoms. The number of hydrogen-bond donors (Lipinski definition) is 4. The highest BCUT2D eigenvalue weighted by Crippen LogP contribution is 2.47.